The largest absolute Gasteiger partial charge is 0.694 e. The van der Waals surface area contributed by atoms with E-state index in [-0.39, 0.29) is 0 Å². The van der Waals surface area contributed by atoms with Gasteiger partial charge in [-0.2, -0.15) is 0 Å². The topological polar surface area (TPSA) is 46.5 Å². The average Bonchev–Trinajstić information content (AvgIpc) is 2.16. The van der Waals surface area contributed by atoms with Crippen LogP contribution in [0.2, 0.25) is 0 Å². The van der Waals surface area contributed by atoms with Gasteiger partial charge in [0, 0.05) is 4.57 Å². The van der Waals surface area contributed by atoms with Gasteiger partial charge in [0.25, 0.3) is 0 Å². The molecule has 84 valence electrons. The fourth-order valence-corrected chi connectivity index (χ4v) is 1.85. The van der Waals surface area contributed by atoms with Crippen LogP contribution in [0.15, 0.2) is 0 Å². The normalized spacial score (nSPS) is 14.1. The summed E-state index contributed by atoms with van der Waals surface area (Å²) in [5.41, 5.74) is 0. The standard InChI is InChI=1S/C10H21O3P/c1-3-5-7-10(4-2)8-6-9-13-14(11)12/h10H,3-9H2,1-2H3/p+1. The first-order valence-corrected chi connectivity index (χ1v) is 6.62. The minimum Gasteiger partial charge on any atom is -0.133 e. The van der Waals surface area contributed by atoms with Gasteiger partial charge < -0.3 is 0 Å². The molecule has 2 atom stereocenters. The van der Waals surface area contributed by atoms with Crippen molar-refractivity contribution in [3.8, 4) is 0 Å². The maximum atomic E-state index is 10.2. The Morgan fingerprint density at radius 2 is 1.93 bits per heavy atom. The molecule has 0 aliphatic rings. The van der Waals surface area contributed by atoms with Crippen LogP contribution in [0.1, 0.15) is 52.4 Å². The molecule has 0 saturated heterocycles. The first-order valence-electron chi connectivity index (χ1n) is 5.49. The molecule has 4 heteroatoms. The summed E-state index contributed by atoms with van der Waals surface area (Å²) >= 11 is 0. The van der Waals surface area contributed by atoms with E-state index in [2.05, 4.69) is 18.4 Å². The van der Waals surface area contributed by atoms with Crippen LogP contribution in [0, 0.1) is 5.92 Å². The fourth-order valence-electron chi connectivity index (χ4n) is 1.56. The van der Waals surface area contributed by atoms with E-state index in [4.69, 9.17) is 4.89 Å². The average molecular weight is 221 g/mol. The molecule has 0 amide bonds. The van der Waals surface area contributed by atoms with Crippen LogP contribution in [0.25, 0.3) is 0 Å². The van der Waals surface area contributed by atoms with Gasteiger partial charge in [-0.25, -0.2) is 0 Å². The van der Waals surface area contributed by atoms with Gasteiger partial charge in [-0.3, -0.25) is 0 Å². The minimum absolute atomic E-state index is 0.411. The summed E-state index contributed by atoms with van der Waals surface area (Å²) in [6.45, 7) is 4.81. The van der Waals surface area contributed by atoms with E-state index >= 15 is 0 Å². The summed E-state index contributed by atoms with van der Waals surface area (Å²) in [5, 5.41) is 0. The maximum Gasteiger partial charge on any atom is 0.694 e. The van der Waals surface area contributed by atoms with E-state index in [0.29, 0.717) is 6.61 Å². The third kappa shape index (κ3) is 8.61. The molecule has 0 aliphatic heterocycles. The van der Waals surface area contributed by atoms with Gasteiger partial charge in [0.15, 0.2) is 0 Å². The molecule has 0 aromatic heterocycles. The highest BCUT2D eigenvalue weighted by Crippen LogP contribution is 2.20. The second-order valence-corrected chi connectivity index (χ2v) is 4.36. The highest BCUT2D eigenvalue weighted by molar-refractivity contribution is 7.32. The van der Waals surface area contributed by atoms with Gasteiger partial charge >= 0.3 is 8.25 Å². The second-order valence-electron chi connectivity index (χ2n) is 3.63. The van der Waals surface area contributed by atoms with Gasteiger partial charge in [0.05, 0.1) is 0 Å². The fraction of sp³-hybridized carbons (Fsp3) is 1.00. The predicted molar refractivity (Wildman–Crippen MR) is 58.3 cm³/mol. The summed E-state index contributed by atoms with van der Waals surface area (Å²) in [6.07, 6.45) is 7.01. The molecule has 0 spiro atoms. The predicted octanol–water partition coefficient (Wildman–Crippen LogP) is 3.65. The molecule has 0 fully saturated rings. The molecule has 0 aromatic carbocycles. The van der Waals surface area contributed by atoms with Crippen LogP contribution in [0.5, 0.6) is 0 Å². The van der Waals surface area contributed by atoms with Gasteiger partial charge in [-0.05, 0) is 18.8 Å². The highest BCUT2D eigenvalue weighted by atomic mass is 31.1. The molecule has 2 unspecified atom stereocenters. The third-order valence-corrected chi connectivity index (χ3v) is 2.91. The number of hydrogen-bond acceptors (Lipinski definition) is 2. The molecule has 0 saturated carbocycles. The molecule has 14 heavy (non-hydrogen) atoms. The van der Waals surface area contributed by atoms with E-state index in [1.165, 1.54) is 25.7 Å². The Kier molecular flexibility index (Phi) is 9.58. The molecular weight excluding hydrogens is 199 g/mol. The van der Waals surface area contributed by atoms with Crippen molar-refractivity contribution in [1.82, 2.24) is 0 Å². The lowest BCUT2D eigenvalue weighted by Gasteiger charge is -2.12. The molecule has 0 radical (unpaired) electrons. The zero-order valence-corrected chi connectivity index (χ0v) is 10.1. The maximum absolute atomic E-state index is 10.2. The minimum atomic E-state index is -2.40. The van der Waals surface area contributed by atoms with Crippen molar-refractivity contribution in [1.29, 1.82) is 0 Å². The smallest absolute Gasteiger partial charge is 0.133 e. The van der Waals surface area contributed by atoms with Gasteiger partial charge in [0.2, 0.25) is 0 Å². The Bertz CT molecular complexity index is 150. The molecule has 0 bridgehead atoms. The quantitative estimate of drug-likeness (QED) is 0.477. The molecule has 0 rings (SSSR count). The number of unbranched alkanes of at least 4 members (excludes halogenated alkanes) is 1. The van der Waals surface area contributed by atoms with Crippen LogP contribution < -0.4 is 0 Å². The Balaban J connectivity index is 3.37. The van der Waals surface area contributed by atoms with Crippen LogP contribution >= 0.6 is 8.25 Å². The first-order chi connectivity index (χ1) is 6.70. The first kappa shape index (κ1) is 14.0. The third-order valence-electron chi connectivity index (χ3n) is 2.50. The van der Waals surface area contributed by atoms with E-state index in [1.54, 1.807) is 0 Å². The monoisotopic (exact) mass is 221 g/mol. The lowest BCUT2D eigenvalue weighted by Crippen LogP contribution is -2.00. The summed E-state index contributed by atoms with van der Waals surface area (Å²) in [5.74, 6) is 0.759. The lowest BCUT2D eigenvalue weighted by atomic mass is 9.95. The van der Waals surface area contributed by atoms with E-state index < -0.39 is 8.25 Å². The Hall–Kier alpha value is 0.0200. The Labute approximate surface area is 87.8 Å². The van der Waals surface area contributed by atoms with Crippen molar-refractivity contribution >= 4 is 8.25 Å². The summed E-state index contributed by atoms with van der Waals surface area (Å²) in [7, 11) is -2.40. The van der Waals surface area contributed by atoms with Crippen molar-refractivity contribution in [2.75, 3.05) is 6.61 Å². The lowest BCUT2D eigenvalue weighted by molar-refractivity contribution is 0.261. The van der Waals surface area contributed by atoms with E-state index in [0.717, 1.165) is 18.8 Å². The van der Waals surface area contributed by atoms with Crippen molar-refractivity contribution in [3.63, 3.8) is 0 Å². The van der Waals surface area contributed by atoms with Crippen LogP contribution in [-0.4, -0.2) is 11.5 Å². The Morgan fingerprint density at radius 1 is 1.29 bits per heavy atom. The van der Waals surface area contributed by atoms with Crippen LogP contribution in [-0.2, 0) is 9.09 Å². The van der Waals surface area contributed by atoms with Crippen molar-refractivity contribution in [3.05, 3.63) is 0 Å². The molecule has 0 aromatic rings. The highest BCUT2D eigenvalue weighted by Gasteiger charge is 2.12. The summed E-state index contributed by atoms with van der Waals surface area (Å²) < 4.78 is 14.8. The van der Waals surface area contributed by atoms with Crippen LogP contribution in [0.4, 0.5) is 0 Å². The van der Waals surface area contributed by atoms with Crippen molar-refractivity contribution in [2.24, 2.45) is 5.92 Å². The second kappa shape index (κ2) is 9.57. The van der Waals surface area contributed by atoms with Crippen molar-refractivity contribution < 1.29 is 14.0 Å². The number of hydrogen-bond donors (Lipinski definition) is 1. The zero-order valence-electron chi connectivity index (χ0n) is 9.24. The van der Waals surface area contributed by atoms with Gasteiger partial charge in [-0.15, -0.1) is 9.42 Å². The summed E-state index contributed by atoms with van der Waals surface area (Å²) in [4.78, 5) is 8.40. The van der Waals surface area contributed by atoms with Crippen molar-refractivity contribution in [2.45, 2.75) is 52.4 Å². The van der Waals surface area contributed by atoms with Gasteiger partial charge in [0.1, 0.15) is 6.61 Å². The SMILES string of the molecule is CCCCC(CC)CCCO[P+](=O)O. The molecule has 0 aliphatic carbocycles. The Morgan fingerprint density at radius 3 is 2.43 bits per heavy atom. The van der Waals surface area contributed by atoms with E-state index in [1.807, 2.05) is 0 Å². The number of rotatable bonds is 9. The summed E-state index contributed by atoms with van der Waals surface area (Å²) in [6, 6.07) is 0. The molecular formula is C10H22O3P+. The van der Waals surface area contributed by atoms with Gasteiger partial charge in [-0.1, -0.05) is 39.5 Å². The molecule has 3 nitrogen and oxygen atoms in total. The van der Waals surface area contributed by atoms with E-state index in [9.17, 15) is 4.57 Å². The van der Waals surface area contributed by atoms with Crippen LogP contribution in [0.3, 0.4) is 0 Å². The zero-order chi connectivity index (χ0) is 10.8. The molecule has 1 N–H and O–H groups in total. The molecule has 0 heterocycles.